The van der Waals surface area contributed by atoms with Crippen LogP contribution in [0, 0.1) is 0 Å². The van der Waals surface area contributed by atoms with Gasteiger partial charge in [0.25, 0.3) is 0 Å². The van der Waals surface area contributed by atoms with Gasteiger partial charge in [0.2, 0.25) is 0 Å². The highest BCUT2D eigenvalue weighted by Gasteiger charge is 2.12. The van der Waals surface area contributed by atoms with Gasteiger partial charge in [-0.2, -0.15) is 0 Å². The second-order valence-electron chi connectivity index (χ2n) is 3.72. The predicted molar refractivity (Wildman–Crippen MR) is 47.6 cm³/mol. The van der Waals surface area contributed by atoms with Crippen molar-refractivity contribution in [2.75, 3.05) is 33.9 Å². The minimum Gasteiger partial charge on any atom is -0.383 e. The Bertz CT molecular complexity index is 98.8. The van der Waals surface area contributed by atoms with E-state index in [0.717, 1.165) is 19.7 Å². The molecule has 0 unspecified atom stereocenters. The average molecular weight is 160 g/mol. The fraction of sp³-hybridized carbons (Fsp3) is 1.00. The molecule has 0 saturated carbocycles. The first-order valence-corrected chi connectivity index (χ1v) is 3.92. The average Bonchev–Trinajstić information content (AvgIpc) is 1.79. The van der Waals surface area contributed by atoms with E-state index in [1.54, 1.807) is 7.11 Å². The van der Waals surface area contributed by atoms with E-state index in [1.807, 2.05) is 20.9 Å². The molecule has 2 N–H and O–H groups in total. The number of hydrogen-bond acceptors (Lipinski definition) is 3. The van der Waals surface area contributed by atoms with Crippen LogP contribution in [-0.4, -0.2) is 44.3 Å². The molecule has 0 heterocycles. The largest absolute Gasteiger partial charge is 0.383 e. The standard InChI is InChI=1S/C8H20N2O/c1-8(2,9)7-10(3)5-6-11-4/h5-7,9H2,1-4H3. The van der Waals surface area contributed by atoms with Gasteiger partial charge in [-0.25, -0.2) is 0 Å². The first kappa shape index (κ1) is 10.9. The predicted octanol–water partition coefficient (Wildman–Crippen LogP) is 0.302. The van der Waals surface area contributed by atoms with E-state index in [-0.39, 0.29) is 5.54 Å². The highest BCUT2D eigenvalue weighted by Crippen LogP contribution is 1.98. The normalized spacial score (nSPS) is 12.5. The molecule has 0 amide bonds. The highest BCUT2D eigenvalue weighted by atomic mass is 16.5. The van der Waals surface area contributed by atoms with Crippen molar-refractivity contribution >= 4 is 0 Å². The molecule has 3 nitrogen and oxygen atoms in total. The fourth-order valence-corrected chi connectivity index (χ4v) is 1.02. The molecule has 68 valence electrons. The van der Waals surface area contributed by atoms with Crippen LogP contribution < -0.4 is 5.73 Å². The van der Waals surface area contributed by atoms with Crippen LogP contribution in [0.3, 0.4) is 0 Å². The number of likely N-dealkylation sites (N-methyl/N-ethyl adjacent to an activating group) is 1. The molecule has 0 bridgehead atoms. The van der Waals surface area contributed by atoms with Crippen LogP contribution in [0.4, 0.5) is 0 Å². The van der Waals surface area contributed by atoms with Gasteiger partial charge in [0.15, 0.2) is 0 Å². The van der Waals surface area contributed by atoms with Crippen molar-refractivity contribution in [2.24, 2.45) is 5.73 Å². The molecule has 0 fully saturated rings. The maximum atomic E-state index is 5.83. The summed E-state index contributed by atoms with van der Waals surface area (Å²) in [6.07, 6.45) is 0. The Labute approximate surface area is 69.5 Å². The lowest BCUT2D eigenvalue weighted by molar-refractivity contribution is 0.151. The summed E-state index contributed by atoms with van der Waals surface area (Å²) in [7, 11) is 3.76. The number of hydrogen-bond donors (Lipinski definition) is 1. The summed E-state index contributed by atoms with van der Waals surface area (Å²) in [6.45, 7) is 6.66. The van der Waals surface area contributed by atoms with E-state index < -0.39 is 0 Å². The summed E-state index contributed by atoms with van der Waals surface area (Å²) in [5, 5.41) is 0. The van der Waals surface area contributed by atoms with Gasteiger partial charge in [0.1, 0.15) is 0 Å². The van der Waals surface area contributed by atoms with Gasteiger partial charge in [0, 0.05) is 25.7 Å². The molecular weight excluding hydrogens is 140 g/mol. The van der Waals surface area contributed by atoms with Gasteiger partial charge in [-0.3, -0.25) is 0 Å². The lowest BCUT2D eigenvalue weighted by atomic mass is 10.1. The lowest BCUT2D eigenvalue weighted by Crippen LogP contribution is -2.44. The molecule has 0 aromatic rings. The second kappa shape index (κ2) is 4.70. The zero-order chi connectivity index (χ0) is 8.91. The molecule has 3 heteroatoms. The molecule has 0 aromatic heterocycles. The third-order valence-corrected chi connectivity index (χ3v) is 1.35. The zero-order valence-corrected chi connectivity index (χ0v) is 8.05. The molecule has 0 rings (SSSR count). The summed E-state index contributed by atoms with van der Waals surface area (Å²) in [4.78, 5) is 2.17. The molecule has 0 saturated heterocycles. The van der Waals surface area contributed by atoms with E-state index in [0.29, 0.717) is 0 Å². The van der Waals surface area contributed by atoms with E-state index in [1.165, 1.54) is 0 Å². The summed E-state index contributed by atoms with van der Waals surface area (Å²) in [5.41, 5.74) is 5.72. The van der Waals surface area contributed by atoms with Crippen LogP contribution in [0.15, 0.2) is 0 Å². The molecule has 11 heavy (non-hydrogen) atoms. The van der Waals surface area contributed by atoms with Gasteiger partial charge in [-0.15, -0.1) is 0 Å². The molecule has 0 aliphatic heterocycles. The van der Waals surface area contributed by atoms with Gasteiger partial charge < -0.3 is 15.4 Å². The van der Waals surface area contributed by atoms with Gasteiger partial charge in [-0.1, -0.05) is 0 Å². The minimum absolute atomic E-state index is 0.109. The van der Waals surface area contributed by atoms with Gasteiger partial charge in [-0.05, 0) is 20.9 Å². The first-order chi connectivity index (χ1) is 4.95. The molecule has 0 spiro atoms. The Morgan fingerprint density at radius 1 is 1.45 bits per heavy atom. The smallest absolute Gasteiger partial charge is 0.0589 e. The second-order valence-corrected chi connectivity index (χ2v) is 3.72. The van der Waals surface area contributed by atoms with E-state index in [9.17, 15) is 0 Å². The monoisotopic (exact) mass is 160 g/mol. The number of nitrogens with zero attached hydrogens (tertiary/aromatic N) is 1. The van der Waals surface area contributed by atoms with Crippen molar-refractivity contribution in [1.29, 1.82) is 0 Å². The Morgan fingerprint density at radius 3 is 2.36 bits per heavy atom. The van der Waals surface area contributed by atoms with Crippen LogP contribution >= 0.6 is 0 Å². The van der Waals surface area contributed by atoms with Crippen molar-refractivity contribution in [3.05, 3.63) is 0 Å². The fourth-order valence-electron chi connectivity index (χ4n) is 1.02. The Balaban J connectivity index is 3.44. The molecule has 0 aromatic carbocycles. The zero-order valence-electron chi connectivity index (χ0n) is 8.05. The first-order valence-electron chi connectivity index (χ1n) is 3.92. The van der Waals surface area contributed by atoms with Crippen molar-refractivity contribution in [3.63, 3.8) is 0 Å². The van der Waals surface area contributed by atoms with E-state index in [4.69, 9.17) is 10.5 Å². The SMILES string of the molecule is COCCN(C)CC(C)(C)N. The molecule has 0 atom stereocenters. The quantitative estimate of drug-likeness (QED) is 0.628. The maximum Gasteiger partial charge on any atom is 0.0589 e. The summed E-state index contributed by atoms with van der Waals surface area (Å²) in [6, 6.07) is 0. The highest BCUT2D eigenvalue weighted by molar-refractivity contribution is 4.75. The van der Waals surface area contributed by atoms with Crippen LogP contribution in [0.2, 0.25) is 0 Å². The van der Waals surface area contributed by atoms with Gasteiger partial charge >= 0.3 is 0 Å². The topological polar surface area (TPSA) is 38.5 Å². The number of ether oxygens (including phenoxy) is 1. The van der Waals surface area contributed by atoms with Crippen LogP contribution in [-0.2, 0) is 4.74 Å². The lowest BCUT2D eigenvalue weighted by Gasteiger charge is -2.25. The van der Waals surface area contributed by atoms with Crippen molar-refractivity contribution in [2.45, 2.75) is 19.4 Å². The molecule has 0 radical (unpaired) electrons. The van der Waals surface area contributed by atoms with Crippen molar-refractivity contribution in [1.82, 2.24) is 4.90 Å². The third-order valence-electron chi connectivity index (χ3n) is 1.35. The van der Waals surface area contributed by atoms with Crippen LogP contribution in [0.5, 0.6) is 0 Å². The Kier molecular flexibility index (Phi) is 4.65. The summed E-state index contributed by atoms with van der Waals surface area (Å²) < 4.78 is 4.94. The van der Waals surface area contributed by atoms with Gasteiger partial charge in [0.05, 0.1) is 6.61 Å². The van der Waals surface area contributed by atoms with Crippen molar-refractivity contribution in [3.8, 4) is 0 Å². The Hall–Kier alpha value is -0.120. The molecule has 0 aliphatic rings. The van der Waals surface area contributed by atoms with E-state index in [2.05, 4.69) is 4.90 Å². The third kappa shape index (κ3) is 7.78. The minimum atomic E-state index is -0.109. The Morgan fingerprint density at radius 2 is 2.00 bits per heavy atom. The summed E-state index contributed by atoms with van der Waals surface area (Å²) >= 11 is 0. The molecular formula is C8H20N2O. The van der Waals surface area contributed by atoms with Crippen molar-refractivity contribution < 1.29 is 4.74 Å². The van der Waals surface area contributed by atoms with Crippen LogP contribution in [0.1, 0.15) is 13.8 Å². The molecule has 0 aliphatic carbocycles. The number of nitrogens with two attached hydrogens (primary N) is 1. The number of rotatable bonds is 5. The van der Waals surface area contributed by atoms with Crippen LogP contribution in [0.25, 0.3) is 0 Å². The number of methoxy groups -OCH3 is 1. The van der Waals surface area contributed by atoms with E-state index >= 15 is 0 Å². The summed E-state index contributed by atoms with van der Waals surface area (Å²) in [5.74, 6) is 0. The maximum absolute atomic E-state index is 5.83.